The lowest BCUT2D eigenvalue weighted by molar-refractivity contribution is -0.140. The van der Waals surface area contributed by atoms with Crippen LogP contribution in [0, 0.1) is 9.49 Å². The van der Waals surface area contributed by atoms with Gasteiger partial charge in [0.1, 0.15) is 12.6 Å². The van der Waals surface area contributed by atoms with Gasteiger partial charge in [-0.25, -0.2) is 8.42 Å². The van der Waals surface area contributed by atoms with Gasteiger partial charge in [0.05, 0.1) is 11.9 Å². The molecule has 7 nitrogen and oxygen atoms in total. The van der Waals surface area contributed by atoms with E-state index in [0.29, 0.717) is 17.3 Å². The van der Waals surface area contributed by atoms with Crippen molar-refractivity contribution in [2.75, 3.05) is 23.7 Å². The van der Waals surface area contributed by atoms with Crippen molar-refractivity contribution in [1.82, 2.24) is 10.2 Å². The molecule has 208 valence electrons. The molecule has 0 spiro atoms. The van der Waals surface area contributed by atoms with Gasteiger partial charge in [-0.3, -0.25) is 13.9 Å². The Labute approximate surface area is 249 Å². The number of nitrogens with zero attached hydrogens (tertiary/aromatic N) is 2. The van der Waals surface area contributed by atoms with Crippen molar-refractivity contribution in [2.45, 2.75) is 32.9 Å². The van der Waals surface area contributed by atoms with E-state index in [4.69, 9.17) is 11.6 Å². The zero-order chi connectivity index (χ0) is 28.6. The average Bonchev–Trinajstić information content (AvgIpc) is 2.88. The van der Waals surface area contributed by atoms with Crippen LogP contribution in [-0.4, -0.2) is 50.5 Å². The maximum Gasteiger partial charge on any atom is 0.244 e. The molecule has 0 aliphatic rings. The van der Waals surface area contributed by atoms with E-state index in [9.17, 15) is 18.0 Å². The van der Waals surface area contributed by atoms with Gasteiger partial charge in [0.2, 0.25) is 21.8 Å². The first kappa shape index (κ1) is 30.9. The summed E-state index contributed by atoms with van der Waals surface area (Å²) in [5, 5.41) is 3.47. The molecule has 0 fully saturated rings. The predicted molar refractivity (Wildman–Crippen MR) is 165 cm³/mol. The molecule has 0 aliphatic carbocycles. The molecule has 3 rings (SSSR count). The Balaban J connectivity index is 2.04. The molecule has 0 saturated heterocycles. The van der Waals surface area contributed by atoms with E-state index >= 15 is 0 Å². The monoisotopic (exact) mass is 681 g/mol. The lowest BCUT2D eigenvalue weighted by Gasteiger charge is -2.33. The molecule has 0 unspecified atom stereocenters. The summed E-state index contributed by atoms with van der Waals surface area (Å²) in [6, 6.07) is 22.5. The molecule has 0 radical (unpaired) electrons. The van der Waals surface area contributed by atoms with Crippen LogP contribution in [-0.2, 0) is 32.6 Å². The van der Waals surface area contributed by atoms with Gasteiger partial charge in [-0.05, 0) is 76.0 Å². The van der Waals surface area contributed by atoms with E-state index < -0.39 is 28.5 Å². The second kappa shape index (κ2) is 14.1. The number of nitrogens with one attached hydrogen (secondary N) is 1. The molecule has 10 heteroatoms. The third-order valence-corrected chi connectivity index (χ3v) is 8.09. The van der Waals surface area contributed by atoms with E-state index in [1.807, 2.05) is 50.2 Å². The molecule has 0 heterocycles. The molecule has 0 saturated carbocycles. The number of carbonyl (C=O) groups excluding carboxylic acids is 2. The summed E-state index contributed by atoms with van der Waals surface area (Å²) in [5.74, 6) is -0.590. The van der Waals surface area contributed by atoms with Gasteiger partial charge in [-0.15, -0.1) is 0 Å². The van der Waals surface area contributed by atoms with E-state index in [1.54, 1.807) is 42.5 Å². The van der Waals surface area contributed by atoms with E-state index in [1.165, 1.54) is 4.90 Å². The number of anilines is 1. The number of rotatable bonds is 12. The van der Waals surface area contributed by atoms with Crippen LogP contribution in [0.5, 0.6) is 0 Å². The number of amides is 2. The molecule has 1 N–H and O–H groups in total. The zero-order valence-electron chi connectivity index (χ0n) is 22.2. The normalized spacial score (nSPS) is 12.2. The summed E-state index contributed by atoms with van der Waals surface area (Å²) in [4.78, 5) is 29.0. The van der Waals surface area contributed by atoms with Crippen molar-refractivity contribution in [3.05, 3.63) is 98.6 Å². The molecule has 0 aromatic heterocycles. The minimum Gasteiger partial charge on any atom is -0.354 e. The quantitative estimate of drug-likeness (QED) is 0.269. The van der Waals surface area contributed by atoms with Crippen molar-refractivity contribution < 1.29 is 18.0 Å². The van der Waals surface area contributed by atoms with Crippen LogP contribution in [0.2, 0.25) is 5.02 Å². The average molecular weight is 682 g/mol. The number of hydrogen-bond donors (Lipinski definition) is 1. The van der Waals surface area contributed by atoms with Gasteiger partial charge < -0.3 is 10.2 Å². The summed E-state index contributed by atoms with van der Waals surface area (Å²) in [6.07, 6.45) is 1.33. The maximum atomic E-state index is 14.0. The standard InChI is InChI=1S/C29H33ClIN3O4S/c1-21(2)18-32-29(36)27(17-22-8-5-4-6-9-22)33(19-23-10-7-11-24(30)16-23)28(35)20-34(39(3,37)38)26-14-12-25(31)13-15-26/h4-16,21,27H,17-20H2,1-3H3,(H,32,36)/t27-/m0/s1. The summed E-state index contributed by atoms with van der Waals surface area (Å²) in [7, 11) is -3.80. The van der Waals surface area contributed by atoms with Gasteiger partial charge in [-0.1, -0.05) is 67.9 Å². The van der Waals surface area contributed by atoms with E-state index in [-0.39, 0.29) is 24.8 Å². The van der Waals surface area contributed by atoms with Crippen LogP contribution < -0.4 is 9.62 Å². The molecule has 3 aromatic carbocycles. The Morgan fingerprint density at radius 2 is 1.59 bits per heavy atom. The van der Waals surface area contributed by atoms with Crippen molar-refractivity contribution in [2.24, 2.45) is 5.92 Å². The Hall–Kier alpha value is -2.63. The number of halogens is 2. The Bertz CT molecular complexity index is 1370. The molecule has 1 atom stereocenters. The van der Waals surface area contributed by atoms with E-state index in [2.05, 4.69) is 27.9 Å². The highest BCUT2D eigenvalue weighted by Gasteiger charge is 2.33. The lowest BCUT2D eigenvalue weighted by atomic mass is 10.0. The maximum absolute atomic E-state index is 14.0. The predicted octanol–water partition coefficient (Wildman–Crippen LogP) is 5.12. The molecule has 3 aromatic rings. The first-order chi connectivity index (χ1) is 18.4. The van der Waals surface area contributed by atoms with Crippen molar-refractivity contribution >= 4 is 61.7 Å². The van der Waals surface area contributed by atoms with Crippen LogP contribution in [0.4, 0.5) is 5.69 Å². The second-order valence-corrected chi connectivity index (χ2v) is 13.3. The third kappa shape index (κ3) is 9.51. The number of hydrogen-bond acceptors (Lipinski definition) is 4. The fraction of sp³-hybridized carbons (Fsp3) is 0.310. The molecule has 0 bridgehead atoms. The topological polar surface area (TPSA) is 86.8 Å². The Morgan fingerprint density at radius 3 is 2.18 bits per heavy atom. The van der Waals surface area contributed by atoms with Crippen molar-refractivity contribution in [1.29, 1.82) is 0 Å². The Kier molecular flexibility index (Phi) is 11.2. The van der Waals surface area contributed by atoms with Crippen LogP contribution in [0.15, 0.2) is 78.9 Å². The fourth-order valence-corrected chi connectivity index (χ4v) is 5.45. The van der Waals surface area contributed by atoms with Crippen molar-refractivity contribution in [3.63, 3.8) is 0 Å². The van der Waals surface area contributed by atoms with Gasteiger partial charge in [0.15, 0.2) is 0 Å². The minimum atomic E-state index is -3.80. The summed E-state index contributed by atoms with van der Waals surface area (Å²) < 4.78 is 27.6. The first-order valence-corrected chi connectivity index (χ1v) is 15.8. The van der Waals surface area contributed by atoms with Gasteiger partial charge in [0.25, 0.3) is 0 Å². The fourth-order valence-electron chi connectivity index (χ4n) is 4.03. The number of sulfonamides is 1. The highest BCUT2D eigenvalue weighted by Crippen LogP contribution is 2.22. The van der Waals surface area contributed by atoms with Gasteiger partial charge in [0, 0.05) is 28.1 Å². The molecule has 2 amide bonds. The summed E-state index contributed by atoms with van der Waals surface area (Å²) in [6.45, 7) is 4.05. The molecular formula is C29H33ClIN3O4S. The molecular weight excluding hydrogens is 649 g/mol. The SMILES string of the molecule is CC(C)CNC(=O)[C@H](Cc1ccccc1)N(Cc1cccc(Cl)c1)C(=O)CN(c1ccc(I)cc1)S(C)(=O)=O. The minimum absolute atomic E-state index is 0.0796. The van der Waals surface area contributed by atoms with Crippen LogP contribution in [0.1, 0.15) is 25.0 Å². The first-order valence-electron chi connectivity index (χ1n) is 12.5. The lowest BCUT2D eigenvalue weighted by Crippen LogP contribution is -2.53. The third-order valence-electron chi connectivity index (χ3n) is 5.99. The Morgan fingerprint density at radius 1 is 0.949 bits per heavy atom. The highest BCUT2D eigenvalue weighted by molar-refractivity contribution is 14.1. The van der Waals surface area contributed by atoms with Crippen LogP contribution in [0.25, 0.3) is 0 Å². The summed E-state index contributed by atoms with van der Waals surface area (Å²) >= 11 is 8.36. The van der Waals surface area contributed by atoms with Crippen LogP contribution in [0.3, 0.4) is 0 Å². The number of benzene rings is 3. The molecule has 39 heavy (non-hydrogen) atoms. The largest absolute Gasteiger partial charge is 0.354 e. The van der Waals surface area contributed by atoms with Crippen LogP contribution >= 0.6 is 34.2 Å². The van der Waals surface area contributed by atoms with Gasteiger partial charge >= 0.3 is 0 Å². The summed E-state index contributed by atoms with van der Waals surface area (Å²) in [5.41, 5.74) is 1.98. The second-order valence-electron chi connectivity index (χ2n) is 9.74. The molecule has 0 aliphatic heterocycles. The zero-order valence-corrected chi connectivity index (χ0v) is 25.9. The van der Waals surface area contributed by atoms with Crippen molar-refractivity contribution in [3.8, 4) is 0 Å². The van der Waals surface area contributed by atoms with Gasteiger partial charge in [-0.2, -0.15) is 0 Å². The highest BCUT2D eigenvalue weighted by atomic mass is 127. The smallest absolute Gasteiger partial charge is 0.244 e. The number of carbonyl (C=O) groups is 2. The van der Waals surface area contributed by atoms with E-state index in [0.717, 1.165) is 25.3 Å².